The van der Waals surface area contributed by atoms with Gasteiger partial charge in [0.2, 0.25) is 0 Å². The first-order valence-corrected chi connectivity index (χ1v) is 1.84. The summed E-state index contributed by atoms with van der Waals surface area (Å²) in [6.45, 7) is 1.81. The van der Waals surface area contributed by atoms with Crippen molar-refractivity contribution in [1.29, 1.82) is 5.41 Å². The summed E-state index contributed by atoms with van der Waals surface area (Å²) in [7, 11) is 1.58. The summed E-state index contributed by atoms with van der Waals surface area (Å²) in [5.41, 5.74) is 0. The van der Waals surface area contributed by atoms with Crippen molar-refractivity contribution in [2.45, 2.75) is 13.0 Å². The molecule has 1 atom stereocenters. The topological polar surface area (TPSA) is 33.1 Å². The number of nitrogens with one attached hydrogen (secondary N) is 1. The summed E-state index contributed by atoms with van der Waals surface area (Å²) >= 11 is 0. The minimum absolute atomic E-state index is 0.0231. The highest BCUT2D eigenvalue weighted by Crippen LogP contribution is 1.76. The van der Waals surface area contributed by atoms with Crippen LogP contribution in [0.15, 0.2) is 0 Å². The Hall–Kier alpha value is -0.370. The van der Waals surface area contributed by atoms with Crippen LogP contribution in [0.4, 0.5) is 0 Å². The minimum atomic E-state index is -0.0231. The molecule has 0 radical (unpaired) electrons. The van der Waals surface area contributed by atoms with Gasteiger partial charge in [0.25, 0.3) is 0 Å². The normalized spacial score (nSPS) is 13.7. The van der Waals surface area contributed by atoms with Gasteiger partial charge in [-0.3, -0.25) is 0 Å². The Bertz CT molecular complexity index is 44.8. The quantitative estimate of drug-likeness (QED) is 0.493. The summed E-state index contributed by atoms with van der Waals surface area (Å²) in [5.74, 6) is 0. The van der Waals surface area contributed by atoms with Gasteiger partial charge in [0.05, 0.1) is 6.10 Å². The molecule has 0 rings (SSSR count). The van der Waals surface area contributed by atoms with Crippen LogP contribution in [0, 0.1) is 5.41 Å². The van der Waals surface area contributed by atoms with Gasteiger partial charge >= 0.3 is 0 Å². The SMILES string of the molecule is COC(C)C=N. The van der Waals surface area contributed by atoms with Crippen molar-refractivity contribution in [3.8, 4) is 0 Å². The highest BCUT2D eigenvalue weighted by molar-refractivity contribution is 5.58. The Kier molecular flexibility index (Phi) is 2.67. The molecule has 2 heteroatoms. The maximum atomic E-state index is 6.56. The average molecular weight is 87.1 g/mol. The number of ether oxygens (including phenoxy) is 1. The lowest BCUT2D eigenvalue weighted by atomic mass is 10.5. The van der Waals surface area contributed by atoms with Crippen molar-refractivity contribution < 1.29 is 4.74 Å². The van der Waals surface area contributed by atoms with Crippen molar-refractivity contribution in [1.82, 2.24) is 0 Å². The number of rotatable bonds is 2. The Morgan fingerprint density at radius 1 is 1.83 bits per heavy atom. The lowest BCUT2D eigenvalue weighted by molar-refractivity contribution is 0.174. The van der Waals surface area contributed by atoms with Gasteiger partial charge in [-0.25, -0.2) is 0 Å². The molecule has 0 bridgehead atoms. The predicted molar refractivity (Wildman–Crippen MR) is 25.3 cm³/mol. The molecule has 0 aliphatic carbocycles. The summed E-state index contributed by atoms with van der Waals surface area (Å²) in [6, 6.07) is 0. The number of hydrogen-bond donors (Lipinski definition) is 1. The fourth-order valence-corrected chi connectivity index (χ4v) is 0.0680. The minimum Gasteiger partial charge on any atom is -0.376 e. The molecule has 0 amide bonds. The zero-order valence-electron chi connectivity index (χ0n) is 4.06. The summed E-state index contributed by atoms with van der Waals surface area (Å²) < 4.78 is 4.66. The van der Waals surface area contributed by atoms with Crippen molar-refractivity contribution in [2.75, 3.05) is 7.11 Å². The molecule has 0 heterocycles. The van der Waals surface area contributed by atoms with Gasteiger partial charge in [0, 0.05) is 13.3 Å². The third-order valence-electron chi connectivity index (χ3n) is 0.606. The molecule has 0 spiro atoms. The molecule has 2 nitrogen and oxygen atoms in total. The van der Waals surface area contributed by atoms with E-state index in [9.17, 15) is 0 Å². The molecule has 0 fully saturated rings. The van der Waals surface area contributed by atoms with Crippen LogP contribution < -0.4 is 0 Å². The largest absolute Gasteiger partial charge is 0.376 e. The van der Waals surface area contributed by atoms with Crippen molar-refractivity contribution in [2.24, 2.45) is 0 Å². The van der Waals surface area contributed by atoms with E-state index in [0.29, 0.717) is 0 Å². The van der Waals surface area contributed by atoms with Crippen LogP contribution in [0.3, 0.4) is 0 Å². The molecule has 1 N–H and O–H groups in total. The second-order valence-corrected chi connectivity index (χ2v) is 1.11. The summed E-state index contributed by atoms with van der Waals surface area (Å²) in [6.07, 6.45) is 1.23. The van der Waals surface area contributed by atoms with E-state index in [1.165, 1.54) is 6.21 Å². The van der Waals surface area contributed by atoms with Gasteiger partial charge in [-0.2, -0.15) is 0 Å². The highest BCUT2D eigenvalue weighted by Gasteiger charge is 1.85. The first kappa shape index (κ1) is 5.63. The monoisotopic (exact) mass is 87.1 g/mol. The second-order valence-electron chi connectivity index (χ2n) is 1.11. The third-order valence-corrected chi connectivity index (χ3v) is 0.606. The van der Waals surface area contributed by atoms with Crippen LogP contribution in [0.5, 0.6) is 0 Å². The Morgan fingerprint density at radius 2 is 2.33 bits per heavy atom. The van der Waals surface area contributed by atoms with Crippen molar-refractivity contribution >= 4 is 6.21 Å². The van der Waals surface area contributed by atoms with E-state index >= 15 is 0 Å². The molecule has 6 heavy (non-hydrogen) atoms. The Labute approximate surface area is 37.6 Å². The zero-order valence-corrected chi connectivity index (χ0v) is 4.06. The van der Waals surface area contributed by atoms with Gasteiger partial charge in [0.15, 0.2) is 0 Å². The molecule has 0 aromatic carbocycles. The molecular weight excluding hydrogens is 78.0 g/mol. The maximum Gasteiger partial charge on any atom is 0.0887 e. The van der Waals surface area contributed by atoms with E-state index in [0.717, 1.165) is 0 Å². The highest BCUT2D eigenvalue weighted by atomic mass is 16.5. The van der Waals surface area contributed by atoms with E-state index in [4.69, 9.17) is 5.41 Å². The first-order valence-electron chi connectivity index (χ1n) is 1.84. The number of hydrogen-bond acceptors (Lipinski definition) is 2. The summed E-state index contributed by atoms with van der Waals surface area (Å²) in [4.78, 5) is 0. The van der Waals surface area contributed by atoms with E-state index in [1.807, 2.05) is 6.92 Å². The molecular formula is C4H9NO. The van der Waals surface area contributed by atoms with E-state index in [-0.39, 0.29) is 6.10 Å². The molecule has 0 aromatic heterocycles. The lowest BCUT2D eigenvalue weighted by Crippen LogP contribution is -2.03. The fraction of sp³-hybridized carbons (Fsp3) is 0.750. The molecule has 0 aromatic rings. The molecule has 1 unspecified atom stereocenters. The van der Waals surface area contributed by atoms with Crippen LogP contribution in [-0.4, -0.2) is 19.4 Å². The van der Waals surface area contributed by atoms with Crippen LogP contribution in [0.25, 0.3) is 0 Å². The molecule has 0 aliphatic heterocycles. The smallest absolute Gasteiger partial charge is 0.0887 e. The van der Waals surface area contributed by atoms with Crippen LogP contribution in [0.2, 0.25) is 0 Å². The van der Waals surface area contributed by atoms with Crippen molar-refractivity contribution in [3.63, 3.8) is 0 Å². The maximum absolute atomic E-state index is 6.56. The first-order chi connectivity index (χ1) is 2.81. The molecule has 0 saturated carbocycles. The van der Waals surface area contributed by atoms with Gasteiger partial charge in [-0.1, -0.05) is 0 Å². The zero-order chi connectivity index (χ0) is 4.99. The van der Waals surface area contributed by atoms with Crippen molar-refractivity contribution in [3.05, 3.63) is 0 Å². The molecule has 0 saturated heterocycles. The second kappa shape index (κ2) is 2.85. The standard InChI is InChI=1S/C4H9NO/c1-4(3-5)6-2/h3-5H,1-2H3. The Morgan fingerprint density at radius 3 is 2.33 bits per heavy atom. The molecule has 36 valence electrons. The van der Waals surface area contributed by atoms with Gasteiger partial charge in [0.1, 0.15) is 0 Å². The van der Waals surface area contributed by atoms with E-state index < -0.39 is 0 Å². The number of methoxy groups -OCH3 is 1. The van der Waals surface area contributed by atoms with Gasteiger partial charge in [-0.05, 0) is 6.92 Å². The van der Waals surface area contributed by atoms with Gasteiger partial charge in [-0.15, -0.1) is 0 Å². The van der Waals surface area contributed by atoms with Crippen LogP contribution in [-0.2, 0) is 4.74 Å². The van der Waals surface area contributed by atoms with Crippen LogP contribution >= 0.6 is 0 Å². The lowest BCUT2D eigenvalue weighted by Gasteiger charge is -1.96. The van der Waals surface area contributed by atoms with E-state index in [2.05, 4.69) is 4.74 Å². The average Bonchev–Trinajstić information content (AvgIpc) is 1.65. The Balaban J connectivity index is 2.96. The third kappa shape index (κ3) is 1.91. The summed E-state index contributed by atoms with van der Waals surface area (Å²) in [5, 5.41) is 6.56. The van der Waals surface area contributed by atoms with Gasteiger partial charge < -0.3 is 10.1 Å². The van der Waals surface area contributed by atoms with Crippen LogP contribution in [0.1, 0.15) is 6.92 Å². The fourth-order valence-electron chi connectivity index (χ4n) is 0.0680. The molecule has 0 aliphatic rings. The predicted octanol–water partition coefficient (Wildman–Crippen LogP) is 0.671. The van der Waals surface area contributed by atoms with E-state index in [1.54, 1.807) is 7.11 Å².